The molecule has 1 saturated heterocycles. The number of piperidine rings is 1. The summed E-state index contributed by atoms with van der Waals surface area (Å²) in [5.74, 6) is -0.562. The van der Waals surface area contributed by atoms with E-state index in [1.54, 1.807) is 43.3 Å². The van der Waals surface area contributed by atoms with Crippen molar-refractivity contribution in [3.63, 3.8) is 0 Å². The highest BCUT2D eigenvalue weighted by atomic mass is 32.2. The number of carbonyl (C=O) groups excluding carboxylic acids is 2. The zero-order chi connectivity index (χ0) is 22.6. The second kappa shape index (κ2) is 9.49. The molecule has 2 aromatic rings. The molecule has 0 saturated carbocycles. The van der Waals surface area contributed by atoms with Gasteiger partial charge in [-0.15, -0.1) is 0 Å². The molecule has 1 aliphatic rings. The van der Waals surface area contributed by atoms with Crippen molar-refractivity contribution in [3.8, 4) is 5.75 Å². The fourth-order valence-corrected chi connectivity index (χ4v) is 5.20. The number of rotatable bonds is 6. The standard InChI is InChI=1S/C22H26N2O6S/c1-15-13-19(10-11-20(15)29-2)31(27,28)24-12-4-5-17(14-24)21(25)23-18-8-6-16(7-9-18)22(26)30-3/h6-11,13,17H,4-5,12,14H2,1-3H3,(H,23,25). The summed E-state index contributed by atoms with van der Waals surface area (Å²) in [6.07, 6.45) is 1.19. The minimum atomic E-state index is -3.72. The Morgan fingerprint density at radius 1 is 1.10 bits per heavy atom. The lowest BCUT2D eigenvalue weighted by molar-refractivity contribution is -0.120. The summed E-state index contributed by atoms with van der Waals surface area (Å²) < 4.78 is 37.4. The molecule has 166 valence electrons. The number of esters is 1. The normalized spacial score (nSPS) is 17.1. The van der Waals surface area contributed by atoms with Gasteiger partial charge in [0.1, 0.15) is 5.75 Å². The summed E-state index contributed by atoms with van der Waals surface area (Å²) in [6.45, 7) is 2.26. The average Bonchev–Trinajstić information content (AvgIpc) is 2.79. The van der Waals surface area contributed by atoms with Crippen molar-refractivity contribution in [1.29, 1.82) is 0 Å². The Bertz CT molecular complexity index is 1070. The van der Waals surface area contributed by atoms with E-state index in [0.717, 1.165) is 5.56 Å². The van der Waals surface area contributed by atoms with Gasteiger partial charge in [0.05, 0.1) is 30.6 Å². The molecule has 2 aromatic carbocycles. The van der Waals surface area contributed by atoms with Crippen LogP contribution in [0.2, 0.25) is 0 Å². The Labute approximate surface area is 182 Å². The number of sulfonamides is 1. The Morgan fingerprint density at radius 2 is 1.81 bits per heavy atom. The SMILES string of the molecule is COC(=O)c1ccc(NC(=O)C2CCCN(S(=O)(=O)c3ccc(OC)c(C)c3)C2)cc1. The van der Waals surface area contributed by atoms with Crippen molar-refractivity contribution < 1.29 is 27.5 Å². The highest BCUT2D eigenvalue weighted by Gasteiger charge is 2.33. The molecule has 31 heavy (non-hydrogen) atoms. The van der Waals surface area contributed by atoms with Gasteiger partial charge in [-0.2, -0.15) is 4.31 Å². The summed E-state index contributed by atoms with van der Waals surface area (Å²) in [4.78, 5) is 24.5. The highest BCUT2D eigenvalue weighted by molar-refractivity contribution is 7.89. The molecule has 0 aliphatic carbocycles. The van der Waals surface area contributed by atoms with Crippen LogP contribution in [0.3, 0.4) is 0 Å². The molecule has 0 spiro atoms. The van der Waals surface area contributed by atoms with Crippen molar-refractivity contribution in [2.24, 2.45) is 5.92 Å². The molecule has 1 atom stereocenters. The first-order valence-electron chi connectivity index (χ1n) is 9.90. The zero-order valence-corrected chi connectivity index (χ0v) is 18.6. The Kier molecular flexibility index (Phi) is 6.97. The minimum absolute atomic E-state index is 0.111. The van der Waals surface area contributed by atoms with Crippen molar-refractivity contribution in [2.75, 3.05) is 32.6 Å². The van der Waals surface area contributed by atoms with E-state index in [0.29, 0.717) is 36.4 Å². The fourth-order valence-electron chi connectivity index (χ4n) is 3.59. The monoisotopic (exact) mass is 446 g/mol. The van der Waals surface area contributed by atoms with Crippen LogP contribution in [-0.4, -0.2) is 51.9 Å². The van der Waals surface area contributed by atoms with Crippen LogP contribution in [0, 0.1) is 12.8 Å². The van der Waals surface area contributed by atoms with E-state index in [1.165, 1.54) is 24.6 Å². The van der Waals surface area contributed by atoms with E-state index in [9.17, 15) is 18.0 Å². The number of nitrogens with one attached hydrogen (secondary N) is 1. The predicted molar refractivity (Wildman–Crippen MR) is 116 cm³/mol. The highest BCUT2D eigenvalue weighted by Crippen LogP contribution is 2.27. The first-order chi connectivity index (χ1) is 14.8. The first-order valence-corrected chi connectivity index (χ1v) is 11.3. The number of ether oxygens (including phenoxy) is 2. The lowest BCUT2D eigenvalue weighted by Crippen LogP contribution is -2.43. The van der Waals surface area contributed by atoms with Crippen LogP contribution in [0.4, 0.5) is 5.69 Å². The van der Waals surface area contributed by atoms with E-state index in [1.807, 2.05) is 0 Å². The summed E-state index contributed by atoms with van der Waals surface area (Å²) in [5, 5.41) is 2.80. The van der Waals surface area contributed by atoms with Crippen LogP contribution >= 0.6 is 0 Å². The lowest BCUT2D eigenvalue weighted by atomic mass is 9.98. The van der Waals surface area contributed by atoms with Gasteiger partial charge in [0, 0.05) is 18.8 Å². The van der Waals surface area contributed by atoms with E-state index >= 15 is 0 Å². The smallest absolute Gasteiger partial charge is 0.337 e. The van der Waals surface area contributed by atoms with Gasteiger partial charge in [-0.1, -0.05) is 0 Å². The molecule has 0 radical (unpaired) electrons. The molecule has 8 nitrogen and oxygen atoms in total. The Balaban J connectivity index is 1.70. The van der Waals surface area contributed by atoms with Crippen molar-refractivity contribution in [2.45, 2.75) is 24.7 Å². The molecular formula is C22H26N2O6S. The van der Waals surface area contributed by atoms with E-state index in [-0.39, 0.29) is 17.3 Å². The molecular weight excluding hydrogens is 420 g/mol. The number of hydrogen-bond acceptors (Lipinski definition) is 6. The number of aryl methyl sites for hydroxylation is 1. The summed E-state index contributed by atoms with van der Waals surface area (Å²) in [7, 11) is -0.886. The van der Waals surface area contributed by atoms with Gasteiger partial charge in [0.2, 0.25) is 15.9 Å². The van der Waals surface area contributed by atoms with Crippen LogP contribution < -0.4 is 10.1 Å². The number of hydrogen-bond donors (Lipinski definition) is 1. The molecule has 0 aromatic heterocycles. The lowest BCUT2D eigenvalue weighted by Gasteiger charge is -2.31. The van der Waals surface area contributed by atoms with Gasteiger partial charge >= 0.3 is 5.97 Å². The summed E-state index contributed by atoms with van der Waals surface area (Å²) >= 11 is 0. The molecule has 1 N–H and O–H groups in total. The number of nitrogens with zero attached hydrogens (tertiary/aromatic N) is 1. The maximum absolute atomic E-state index is 13.1. The summed E-state index contributed by atoms with van der Waals surface area (Å²) in [5.41, 5.74) is 1.64. The average molecular weight is 447 g/mol. The van der Waals surface area contributed by atoms with Crippen molar-refractivity contribution >= 4 is 27.6 Å². The molecule has 1 heterocycles. The maximum Gasteiger partial charge on any atom is 0.337 e. The molecule has 1 unspecified atom stereocenters. The molecule has 1 amide bonds. The fraction of sp³-hybridized carbons (Fsp3) is 0.364. The topological polar surface area (TPSA) is 102 Å². The van der Waals surface area contributed by atoms with Crippen LogP contribution in [0.1, 0.15) is 28.8 Å². The van der Waals surface area contributed by atoms with Gasteiger partial charge in [0.15, 0.2) is 0 Å². The Morgan fingerprint density at radius 3 is 2.42 bits per heavy atom. The Hall–Kier alpha value is -2.91. The van der Waals surface area contributed by atoms with Crippen LogP contribution in [0.5, 0.6) is 5.75 Å². The molecule has 9 heteroatoms. The largest absolute Gasteiger partial charge is 0.496 e. The second-order valence-corrected chi connectivity index (χ2v) is 9.33. The quantitative estimate of drug-likeness (QED) is 0.685. The van der Waals surface area contributed by atoms with Crippen LogP contribution in [-0.2, 0) is 19.6 Å². The minimum Gasteiger partial charge on any atom is -0.496 e. The van der Waals surface area contributed by atoms with Crippen LogP contribution in [0.25, 0.3) is 0 Å². The number of amides is 1. The van der Waals surface area contributed by atoms with Gasteiger partial charge in [0.25, 0.3) is 0 Å². The third kappa shape index (κ3) is 5.05. The van der Waals surface area contributed by atoms with E-state index in [4.69, 9.17) is 4.74 Å². The van der Waals surface area contributed by atoms with Gasteiger partial charge < -0.3 is 14.8 Å². The molecule has 3 rings (SSSR count). The zero-order valence-electron chi connectivity index (χ0n) is 17.8. The van der Waals surface area contributed by atoms with Gasteiger partial charge in [-0.05, 0) is 67.8 Å². The van der Waals surface area contributed by atoms with Gasteiger partial charge in [-0.25, -0.2) is 13.2 Å². The summed E-state index contributed by atoms with van der Waals surface area (Å²) in [6, 6.07) is 11.1. The number of anilines is 1. The third-order valence-electron chi connectivity index (χ3n) is 5.33. The number of carbonyl (C=O) groups is 2. The molecule has 1 fully saturated rings. The predicted octanol–water partition coefficient (Wildman–Crippen LogP) is 2.83. The molecule has 1 aliphatic heterocycles. The van der Waals surface area contributed by atoms with Crippen LogP contribution in [0.15, 0.2) is 47.4 Å². The van der Waals surface area contributed by atoms with Crippen molar-refractivity contribution in [3.05, 3.63) is 53.6 Å². The van der Waals surface area contributed by atoms with E-state index < -0.39 is 21.9 Å². The molecule has 0 bridgehead atoms. The maximum atomic E-state index is 13.1. The first kappa shape index (κ1) is 22.8. The number of methoxy groups -OCH3 is 2. The van der Waals surface area contributed by atoms with Crippen molar-refractivity contribution in [1.82, 2.24) is 4.31 Å². The second-order valence-electron chi connectivity index (χ2n) is 7.39. The third-order valence-corrected chi connectivity index (χ3v) is 7.19. The van der Waals surface area contributed by atoms with E-state index in [2.05, 4.69) is 10.1 Å². The number of benzene rings is 2. The van der Waals surface area contributed by atoms with Gasteiger partial charge in [-0.3, -0.25) is 4.79 Å².